The van der Waals surface area contributed by atoms with Crippen LogP contribution in [0.2, 0.25) is 0 Å². The molecule has 0 aliphatic carbocycles. The van der Waals surface area contributed by atoms with Crippen LogP contribution in [0.1, 0.15) is 23.9 Å². The minimum Gasteiger partial charge on any atom is -0.377 e. The predicted octanol–water partition coefficient (Wildman–Crippen LogP) is 3.27. The maximum atomic E-state index is 13.7. The molecule has 4 heteroatoms. The summed E-state index contributed by atoms with van der Waals surface area (Å²) >= 11 is 0. The second-order valence-electron chi connectivity index (χ2n) is 4.38. The lowest BCUT2D eigenvalue weighted by Crippen LogP contribution is -2.09. The first-order valence-electron chi connectivity index (χ1n) is 6.14. The second kappa shape index (κ2) is 5.21. The molecule has 0 amide bonds. The van der Waals surface area contributed by atoms with Crippen LogP contribution in [0, 0.1) is 19.7 Å². The van der Waals surface area contributed by atoms with Gasteiger partial charge in [0, 0.05) is 6.54 Å². The van der Waals surface area contributed by atoms with Gasteiger partial charge in [0.2, 0.25) is 0 Å². The lowest BCUT2D eigenvalue weighted by atomic mass is 10.2. The average molecular weight is 247 g/mol. The Kier molecular flexibility index (Phi) is 3.65. The van der Waals surface area contributed by atoms with Gasteiger partial charge >= 0.3 is 0 Å². The number of nitrogens with zero attached hydrogens (tertiary/aromatic N) is 2. The highest BCUT2D eigenvalue weighted by Gasteiger charge is 2.07. The van der Waals surface area contributed by atoms with E-state index in [1.807, 2.05) is 37.6 Å². The van der Waals surface area contributed by atoms with Crippen molar-refractivity contribution in [1.82, 2.24) is 9.78 Å². The van der Waals surface area contributed by atoms with Crippen molar-refractivity contribution in [1.29, 1.82) is 0 Å². The molecule has 1 aromatic carbocycles. The highest BCUT2D eigenvalue weighted by Crippen LogP contribution is 2.19. The van der Waals surface area contributed by atoms with E-state index in [4.69, 9.17) is 0 Å². The summed E-state index contributed by atoms with van der Waals surface area (Å²) in [5.41, 5.74) is 3.53. The molecule has 0 unspecified atom stereocenters. The van der Waals surface area contributed by atoms with Crippen LogP contribution in [0.25, 0.3) is 0 Å². The Balaban J connectivity index is 2.16. The van der Waals surface area contributed by atoms with Crippen molar-refractivity contribution in [2.24, 2.45) is 0 Å². The van der Waals surface area contributed by atoms with E-state index in [1.54, 1.807) is 6.07 Å². The summed E-state index contributed by atoms with van der Waals surface area (Å²) in [6.07, 6.45) is 0. The van der Waals surface area contributed by atoms with Crippen LogP contribution in [-0.2, 0) is 13.1 Å². The quantitative estimate of drug-likeness (QED) is 0.898. The van der Waals surface area contributed by atoms with Crippen molar-refractivity contribution in [3.8, 4) is 0 Å². The SMILES string of the molecule is CCn1nc(C)cc1CNc1c(C)cccc1F. The van der Waals surface area contributed by atoms with E-state index in [0.717, 1.165) is 23.5 Å². The van der Waals surface area contributed by atoms with E-state index >= 15 is 0 Å². The van der Waals surface area contributed by atoms with E-state index < -0.39 is 0 Å². The Morgan fingerprint density at radius 3 is 2.78 bits per heavy atom. The third-order valence-corrected chi connectivity index (χ3v) is 2.95. The molecule has 0 saturated carbocycles. The highest BCUT2D eigenvalue weighted by atomic mass is 19.1. The Labute approximate surface area is 107 Å². The number of para-hydroxylation sites is 1. The number of hydrogen-bond donors (Lipinski definition) is 1. The van der Waals surface area contributed by atoms with Crippen LogP contribution in [-0.4, -0.2) is 9.78 Å². The maximum absolute atomic E-state index is 13.7. The smallest absolute Gasteiger partial charge is 0.146 e. The molecule has 0 atom stereocenters. The zero-order valence-corrected chi connectivity index (χ0v) is 11.0. The van der Waals surface area contributed by atoms with Gasteiger partial charge < -0.3 is 5.32 Å². The van der Waals surface area contributed by atoms with Gasteiger partial charge in [-0.25, -0.2) is 4.39 Å². The number of aryl methyl sites for hydroxylation is 3. The van der Waals surface area contributed by atoms with Gasteiger partial charge in [-0.1, -0.05) is 12.1 Å². The molecule has 1 N–H and O–H groups in total. The summed E-state index contributed by atoms with van der Waals surface area (Å²) in [6.45, 7) is 7.31. The van der Waals surface area contributed by atoms with Crippen LogP contribution >= 0.6 is 0 Å². The van der Waals surface area contributed by atoms with Gasteiger partial charge in [0.05, 0.1) is 23.6 Å². The number of hydrogen-bond acceptors (Lipinski definition) is 2. The molecule has 1 aromatic heterocycles. The fourth-order valence-electron chi connectivity index (χ4n) is 2.05. The Hall–Kier alpha value is -1.84. The number of anilines is 1. The van der Waals surface area contributed by atoms with Gasteiger partial charge in [-0.15, -0.1) is 0 Å². The highest BCUT2D eigenvalue weighted by molar-refractivity contribution is 5.51. The minimum atomic E-state index is -0.214. The molecular formula is C14H18FN3. The molecular weight excluding hydrogens is 229 g/mol. The van der Waals surface area contributed by atoms with Crippen molar-refractivity contribution < 1.29 is 4.39 Å². The van der Waals surface area contributed by atoms with Crippen LogP contribution in [0.4, 0.5) is 10.1 Å². The Bertz CT molecular complexity index is 526. The van der Waals surface area contributed by atoms with Crippen LogP contribution in [0.5, 0.6) is 0 Å². The zero-order chi connectivity index (χ0) is 13.1. The lowest BCUT2D eigenvalue weighted by molar-refractivity contribution is 0.615. The van der Waals surface area contributed by atoms with Crippen molar-refractivity contribution in [2.45, 2.75) is 33.9 Å². The van der Waals surface area contributed by atoms with Gasteiger partial charge in [0.1, 0.15) is 5.82 Å². The molecule has 1 heterocycles. The summed E-state index contributed by atoms with van der Waals surface area (Å²) in [5, 5.41) is 7.52. The first kappa shape index (κ1) is 12.6. The molecule has 0 spiro atoms. The van der Waals surface area contributed by atoms with E-state index in [9.17, 15) is 4.39 Å². The largest absolute Gasteiger partial charge is 0.377 e. The Morgan fingerprint density at radius 1 is 1.33 bits per heavy atom. The van der Waals surface area contributed by atoms with Crippen LogP contribution < -0.4 is 5.32 Å². The summed E-state index contributed by atoms with van der Waals surface area (Å²) in [7, 11) is 0. The van der Waals surface area contributed by atoms with Gasteiger partial charge in [0.15, 0.2) is 0 Å². The number of benzene rings is 1. The molecule has 0 aliphatic heterocycles. The molecule has 2 rings (SSSR count). The third kappa shape index (κ3) is 2.53. The third-order valence-electron chi connectivity index (χ3n) is 2.95. The Morgan fingerprint density at radius 2 is 2.11 bits per heavy atom. The monoisotopic (exact) mass is 247 g/mol. The summed E-state index contributed by atoms with van der Waals surface area (Å²) < 4.78 is 15.6. The van der Waals surface area contributed by atoms with Gasteiger partial charge in [0.25, 0.3) is 0 Å². The van der Waals surface area contributed by atoms with E-state index in [-0.39, 0.29) is 5.82 Å². The van der Waals surface area contributed by atoms with E-state index in [1.165, 1.54) is 6.07 Å². The number of rotatable bonds is 4. The molecule has 0 bridgehead atoms. The molecule has 0 saturated heterocycles. The van der Waals surface area contributed by atoms with Crippen molar-refractivity contribution in [2.75, 3.05) is 5.32 Å². The van der Waals surface area contributed by atoms with Gasteiger partial charge in [-0.3, -0.25) is 4.68 Å². The summed E-state index contributed by atoms with van der Waals surface area (Å²) in [6, 6.07) is 7.11. The molecule has 0 aliphatic rings. The van der Waals surface area contributed by atoms with Crippen molar-refractivity contribution in [3.05, 3.63) is 47.0 Å². The summed E-state index contributed by atoms with van der Waals surface area (Å²) in [5.74, 6) is -0.214. The normalized spacial score (nSPS) is 10.7. The maximum Gasteiger partial charge on any atom is 0.146 e. The lowest BCUT2D eigenvalue weighted by Gasteiger charge is -2.11. The minimum absolute atomic E-state index is 0.214. The van der Waals surface area contributed by atoms with E-state index in [0.29, 0.717) is 12.2 Å². The zero-order valence-electron chi connectivity index (χ0n) is 11.0. The van der Waals surface area contributed by atoms with Crippen LogP contribution in [0.3, 0.4) is 0 Å². The van der Waals surface area contributed by atoms with Crippen LogP contribution in [0.15, 0.2) is 24.3 Å². The molecule has 3 nitrogen and oxygen atoms in total. The fourth-order valence-corrected chi connectivity index (χ4v) is 2.05. The molecule has 0 fully saturated rings. The number of aromatic nitrogens is 2. The second-order valence-corrected chi connectivity index (χ2v) is 4.38. The van der Waals surface area contributed by atoms with Crippen molar-refractivity contribution in [3.63, 3.8) is 0 Å². The molecule has 18 heavy (non-hydrogen) atoms. The standard InChI is InChI=1S/C14H18FN3/c1-4-18-12(8-11(3)17-18)9-16-14-10(2)6-5-7-13(14)15/h5-8,16H,4,9H2,1-3H3. The summed E-state index contributed by atoms with van der Waals surface area (Å²) in [4.78, 5) is 0. The molecule has 96 valence electrons. The van der Waals surface area contributed by atoms with Gasteiger partial charge in [-0.05, 0) is 38.5 Å². The molecule has 2 aromatic rings. The number of halogens is 1. The fraction of sp³-hybridized carbons (Fsp3) is 0.357. The van der Waals surface area contributed by atoms with Crippen molar-refractivity contribution >= 4 is 5.69 Å². The van der Waals surface area contributed by atoms with E-state index in [2.05, 4.69) is 10.4 Å². The predicted molar refractivity (Wildman–Crippen MR) is 71.1 cm³/mol. The topological polar surface area (TPSA) is 29.9 Å². The average Bonchev–Trinajstić information content (AvgIpc) is 2.69. The molecule has 0 radical (unpaired) electrons. The number of nitrogens with one attached hydrogen (secondary N) is 1. The first-order chi connectivity index (χ1) is 8.61. The van der Waals surface area contributed by atoms with Gasteiger partial charge in [-0.2, -0.15) is 5.10 Å². The first-order valence-corrected chi connectivity index (χ1v) is 6.14.